The second kappa shape index (κ2) is 5.69. The Morgan fingerprint density at radius 2 is 2.04 bits per heavy atom. The van der Waals surface area contributed by atoms with Crippen molar-refractivity contribution in [3.8, 4) is 5.13 Å². The third-order valence-corrected chi connectivity index (χ3v) is 6.56. The summed E-state index contributed by atoms with van der Waals surface area (Å²) in [6.07, 6.45) is 4.11. The Bertz CT molecular complexity index is 832. The number of hydrogen-bond donors (Lipinski definition) is 1. The van der Waals surface area contributed by atoms with Gasteiger partial charge in [-0.3, -0.25) is 14.2 Å². The maximum absolute atomic E-state index is 13.0. The molecule has 7 heteroatoms. The van der Waals surface area contributed by atoms with E-state index in [9.17, 15) is 14.7 Å². The van der Waals surface area contributed by atoms with Crippen LogP contribution in [-0.4, -0.2) is 44.5 Å². The fourth-order valence-electron chi connectivity index (χ4n) is 4.17. The van der Waals surface area contributed by atoms with Crippen LogP contribution in [0.25, 0.3) is 5.13 Å². The molecule has 0 aromatic carbocycles. The molecule has 1 spiro atoms. The third kappa shape index (κ3) is 2.57. The van der Waals surface area contributed by atoms with Gasteiger partial charge in [-0.2, -0.15) is 0 Å². The maximum Gasteiger partial charge on any atom is 0.307 e. The molecule has 4 rings (SSSR count). The van der Waals surface area contributed by atoms with Crippen molar-refractivity contribution >= 4 is 23.2 Å². The van der Waals surface area contributed by atoms with Crippen molar-refractivity contribution in [2.75, 3.05) is 13.1 Å². The molecular formula is C18H21N3O3S. The topological polar surface area (TPSA) is 75.4 Å². The van der Waals surface area contributed by atoms with E-state index >= 15 is 0 Å². The summed E-state index contributed by atoms with van der Waals surface area (Å²) in [5.41, 5.74) is 2.57. The highest BCUT2D eigenvalue weighted by molar-refractivity contribution is 7.12. The van der Waals surface area contributed by atoms with Crippen molar-refractivity contribution in [1.82, 2.24) is 14.5 Å². The van der Waals surface area contributed by atoms with Gasteiger partial charge in [-0.25, -0.2) is 4.98 Å². The van der Waals surface area contributed by atoms with E-state index in [0.29, 0.717) is 18.7 Å². The monoisotopic (exact) mass is 359 g/mol. The number of hydrogen-bond acceptors (Lipinski definition) is 4. The lowest BCUT2D eigenvalue weighted by molar-refractivity contribution is -0.139. The molecule has 3 heterocycles. The minimum absolute atomic E-state index is 0.0401. The summed E-state index contributed by atoms with van der Waals surface area (Å²) in [6, 6.07) is 1.93. The summed E-state index contributed by atoms with van der Waals surface area (Å²) in [4.78, 5) is 30.4. The van der Waals surface area contributed by atoms with E-state index in [0.717, 1.165) is 35.8 Å². The average molecular weight is 359 g/mol. The lowest BCUT2D eigenvalue weighted by atomic mass is 9.90. The number of rotatable bonds is 3. The summed E-state index contributed by atoms with van der Waals surface area (Å²) < 4.78 is 2.02. The number of carbonyl (C=O) groups is 2. The van der Waals surface area contributed by atoms with Crippen LogP contribution in [0.15, 0.2) is 17.6 Å². The molecule has 0 bridgehead atoms. The molecule has 2 aromatic heterocycles. The van der Waals surface area contributed by atoms with Crippen LogP contribution in [0.5, 0.6) is 0 Å². The standard InChI is InChI=1S/C18H21N3O3S/c1-11-9-13(12(2)21(11)17-19-5-8-25-17)15(22)20-6-3-18(4-7-20)10-14(18)16(23)24/h5,8-9,14H,3-4,6-7,10H2,1-2H3,(H,23,24). The van der Waals surface area contributed by atoms with Crippen LogP contribution < -0.4 is 0 Å². The molecule has 1 aliphatic heterocycles. The number of thiazole rings is 1. The Morgan fingerprint density at radius 1 is 1.32 bits per heavy atom. The zero-order valence-corrected chi connectivity index (χ0v) is 15.2. The molecule has 1 atom stereocenters. The quantitative estimate of drug-likeness (QED) is 0.914. The highest BCUT2D eigenvalue weighted by Gasteiger charge is 2.59. The van der Waals surface area contributed by atoms with E-state index in [1.807, 2.05) is 34.8 Å². The SMILES string of the molecule is Cc1cc(C(=O)N2CCC3(CC2)CC3C(=O)O)c(C)n1-c1nccs1. The molecule has 1 amide bonds. The molecular weight excluding hydrogens is 338 g/mol. The Balaban J connectivity index is 1.51. The summed E-state index contributed by atoms with van der Waals surface area (Å²) in [6.45, 7) is 5.22. The zero-order valence-electron chi connectivity index (χ0n) is 14.4. The number of aryl methyl sites for hydroxylation is 1. The average Bonchev–Trinajstić information content (AvgIpc) is 2.92. The molecule has 1 saturated heterocycles. The molecule has 1 unspecified atom stereocenters. The predicted molar refractivity (Wildman–Crippen MR) is 94.2 cm³/mol. The van der Waals surface area contributed by atoms with Crippen LogP contribution in [0, 0.1) is 25.2 Å². The van der Waals surface area contributed by atoms with Crippen LogP contribution in [0.1, 0.15) is 41.0 Å². The Morgan fingerprint density at radius 3 is 2.60 bits per heavy atom. The van der Waals surface area contributed by atoms with Gasteiger partial charge in [0.05, 0.1) is 11.5 Å². The van der Waals surface area contributed by atoms with E-state index in [1.165, 1.54) is 0 Å². The van der Waals surface area contributed by atoms with E-state index in [-0.39, 0.29) is 17.2 Å². The first kappa shape index (κ1) is 16.3. The molecule has 2 aromatic rings. The van der Waals surface area contributed by atoms with Crippen LogP contribution in [0.3, 0.4) is 0 Å². The van der Waals surface area contributed by atoms with Crippen molar-refractivity contribution < 1.29 is 14.7 Å². The summed E-state index contributed by atoms with van der Waals surface area (Å²) in [7, 11) is 0. The highest BCUT2D eigenvalue weighted by Crippen LogP contribution is 2.59. The Kier molecular flexibility index (Phi) is 3.72. The first-order chi connectivity index (χ1) is 11.9. The number of piperidine rings is 1. The molecule has 1 aliphatic carbocycles. The van der Waals surface area contributed by atoms with Crippen LogP contribution in [0.4, 0.5) is 0 Å². The van der Waals surface area contributed by atoms with Crippen molar-refractivity contribution in [3.05, 3.63) is 34.6 Å². The number of likely N-dealkylation sites (tertiary alicyclic amines) is 1. The fraction of sp³-hybridized carbons (Fsp3) is 0.500. The first-order valence-corrected chi connectivity index (χ1v) is 9.42. The summed E-state index contributed by atoms with van der Waals surface area (Å²) >= 11 is 1.55. The number of nitrogens with zero attached hydrogens (tertiary/aromatic N) is 3. The number of carboxylic acid groups (broad SMARTS) is 1. The van der Waals surface area contributed by atoms with Gasteiger partial charge in [0.15, 0.2) is 5.13 Å². The van der Waals surface area contributed by atoms with Crippen molar-refractivity contribution in [2.45, 2.75) is 33.1 Å². The Labute approximate surface area is 150 Å². The minimum Gasteiger partial charge on any atom is -0.481 e. The smallest absolute Gasteiger partial charge is 0.307 e. The van der Waals surface area contributed by atoms with Gasteiger partial charge in [0.1, 0.15) is 0 Å². The number of carbonyl (C=O) groups excluding carboxylic acids is 1. The van der Waals surface area contributed by atoms with Crippen LogP contribution >= 0.6 is 11.3 Å². The van der Waals surface area contributed by atoms with Crippen molar-refractivity contribution in [1.29, 1.82) is 0 Å². The van der Waals surface area contributed by atoms with E-state index in [4.69, 9.17) is 0 Å². The predicted octanol–water partition coefficient (Wildman–Crippen LogP) is 2.88. The number of aromatic nitrogens is 2. The molecule has 1 saturated carbocycles. The Hall–Kier alpha value is -2.15. The van der Waals surface area contributed by atoms with Gasteiger partial charge in [0, 0.05) is 36.1 Å². The van der Waals surface area contributed by atoms with Gasteiger partial charge in [0.2, 0.25) is 0 Å². The third-order valence-electron chi connectivity index (χ3n) is 5.81. The van der Waals surface area contributed by atoms with E-state index in [1.54, 1.807) is 17.5 Å². The van der Waals surface area contributed by atoms with Crippen molar-refractivity contribution in [3.63, 3.8) is 0 Å². The fourth-order valence-corrected chi connectivity index (χ4v) is 4.93. The zero-order chi connectivity index (χ0) is 17.8. The lowest BCUT2D eigenvalue weighted by Crippen LogP contribution is -2.40. The normalized spacial score (nSPS) is 21.5. The summed E-state index contributed by atoms with van der Waals surface area (Å²) in [5.74, 6) is -0.857. The lowest BCUT2D eigenvalue weighted by Gasteiger charge is -2.32. The number of carboxylic acids is 1. The minimum atomic E-state index is -0.688. The van der Waals surface area contributed by atoms with Gasteiger partial charge in [-0.05, 0) is 44.6 Å². The molecule has 132 valence electrons. The van der Waals surface area contributed by atoms with E-state index in [2.05, 4.69) is 4.98 Å². The second-order valence-corrected chi connectivity index (χ2v) is 8.06. The van der Waals surface area contributed by atoms with Gasteiger partial charge < -0.3 is 10.0 Å². The van der Waals surface area contributed by atoms with Gasteiger partial charge in [0.25, 0.3) is 5.91 Å². The maximum atomic E-state index is 13.0. The highest BCUT2D eigenvalue weighted by atomic mass is 32.1. The van der Waals surface area contributed by atoms with Crippen LogP contribution in [0.2, 0.25) is 0 Å². The van der Waals surface area contributed by atoms with Crippen molar-refractivity contribution in [2.24, 2.45) is 11.3 Å². The second-order valence-electron chi connectivity index (χ2n) is 7.18. The summed E-state index contributed by atoms with van der Waals surface area (Å²) in [5, 5.41) is 12.0. The van der Waals surface area contributed by atoms with E-state index < -0.39 is 5.97 Å². The van der Waals surface area contributed by atoms with Gasteiger partial charge in [-0.15, -0.1) is 11.3 Å². The largest absolute Gasteiger partial charge is 0.481 e. The van der Waals surface area contributed by atoms with Crippen LogP contribution in [-0.2, 0) is 4.79 Å². The van der Waals surface area contributed by atoms with Gasteiger partial charge >= 0.3 is 5.97 Å². The number of aliphatic carboxylic acids is 1. The molecule has 1 N–H and O–H groups in total. The molecule has 2 aliphatic rings. The first-order valence-electron chi connectivity index (χ1n) is 8.54. The van der Waals surface area contributed by atoms with Gasteiger partial charge in [-0.1, -0.05) is 0 Å². The molecule has 2 fully saturated rings. The molecule has 25 heavy (non-hydrogen) atoms. The number of amides is 1. The molecule has 6 nitrogen and oxygen atoms in total. The molecule has 0 radical (unpaired) electrons.